The van der Waals surface area contributed by atoms with E-state index >= 15 is 0 Å². The van der Waals surface area contributed by atoms with Crippen LogP contribution >= 0.6 is 11.6 Å². The third kappa shape index (κ3) is 2.97. The van der Waals surface area contributed by atoms with Gasteiger partial charge in [0, 0.05) is 11.4 Å². The van der Waals surface area contributed by atoms with E-state index in [0.717, 1.165) is 5.56 Å². The summed E-state index contributed by atoms with van der Waals surface area (Å²) in [5.74, 6) is -1.33. The van der Waals surface area contributed by atoms with Gasteiger partial charge in [-0.1, -0.05) is 29.8 Å². The standard InChI is InChI=1S/C11H10ClNO2/c1-15-11(14)9(7-13)6-8-4-2-3-5-10(8)12/h2-5,9H,6H2,1H3. The molecule has 0 N–H and O–H groups in total. The van der Waals surface area contributed by atoms with Crippen molar-refractivity contribution in [1.29, 1.82) is 5.26 Å². The number of hydrogen-bond donors (Lipinski definition) is 0. The fourth-order valence-corrected chi connectivity index (χ4v) is 1.42. The molecule has 0 amide bonds. The summed E-state index contributed by atoms with van der Waals surface area (Å²) in [6.45, 7) is 0. The molecule has 0 aliphatic rings. The minimum Gasteiger partial charge on any atom is -0.468 e. The van der Waals surface area contributed by atoms with Gasteiger partial charge in [-0.3, -0.25) is 4.79 Å². The van der Waals surface area contributed by atoms with E-state index in [9.17, 15) is 4.79 Å². The number of hydrogen-bond acceptors (Lipinski definition) is 3. The molecule has 0 bridgehead atoms. The van der Waals surface area contributed by atoms with Gasteiger partial charge in [-0.25, -0.2) is 0 Å². The lowest BCUT2D eigenvalue weighted by Crippen LogP contribution is -2.16. The lowest BCUT2D eigenvalue weighted by atomic mass is 10.0. The minimum atomic E-state index is -0.796. The highest BCUT2D eigenvalue weighted by atomic mass is 35.5. The molecule has 0 aliphatic heterocycles. The smallest absolute Gasteiger partial charge is 0.323 e. The molecule has 0 radical (unpaired) electrons. The van der Waals surface area contributed by atoms with Crippen molar-refractivity contribution in [3.05, 3.63) is 34.9 Å². The van der Waals surface area contributed by atoms with Crippen molar-refractivity contribution in [2.45, 2.75) is 6.42 Å². The second-order valence-corrected chi connectivity index (χ2v) is 3.41. The first-order chi connectivity index (χ1) is 7.19. The van der Waals surface area contributed by atoms with Crippen molar-refractivity contribution in [1.82, 2.24) is 0 Å². The van der Waals surface area contributed by atoms with E-state index in [1.165, 1.54) is 7.11 Å². The van der Waals surface area contributed by atoms with Crippen LogP contribution in [0.15, 0.2) is 24.3 Å². The van der Waals surface area contributed by atoms with E-state index in [-0.39, 0.29) is 6.42 Å². The molecule has 1 rings (SSSR count). The van der Waals surface area contributed by atoms with E-state index in [1.807, 2.05) is 12.1 Å². The fraction of sp³-hybridized carbons (Fsp3) is 0.273. The van der Waals surface area contributed by atoms with E-state index in [1.54, 1.807) is 18.2 Å². The summed E-state index contributed by atoms with van der Waals surface area (Å²) >= 11 is 5.91. The summed E-state index contributed by atoms with van der Waals surface area (Å²) in [6, 6.07) is 9.02. The Balaban J connectivity index is 2.81. The summed E-state index contributed by atoms with van der Waals surface area (Å²) in [5.41, 5.74) is 0.774. The Morgan fingerprint density at radius 3 is 2.80 bits per heavy atom. The number of nitriles is 1. The van der Waals surface area contributed by atoms with Gasteiger partial charge in [0.05, 0.1) is 13.2 Å². The van der Waals surface area contributed by atoms with Gasteiger partial charge in [0.2, 0.25) is 0 Å². The van der Waals surface area contributed by atoms with E-state index < -0.39 is 11.9 Å². The number of ether oxygens (including phenoxy) is 1. The number of nitrogens with zero attached hydrogens (tertiary/aromatic N) is 1. The Labute approximate surface area is 93.2 Å². The largest absolute Gasteiger partial charge is 0.468 e. The number of carbonyl (C=O) groups is 1. The fourth-order valence-electron chi connectivity index (χ4n) is 1.21. The monoisotopic (exact) mass is 223 g/mol. The summed E-state index contributed by atoms with van der Waals surface area (Å²) in [6.07, 6.45) is 0.281. The average molecular weight is 224 g/mol. The molecule has 0 spiro atoms. The molecule has 1 unspecified atom stereocenters. The number of methoxy groups -OCH3 is 1. The van der Waals surface area contributed by atoms with Gasteiger partial charge in [0.15, 0.2) is 0 Å². The Bertz CT molecular complexity index is 398. The second-order valence-electron chi connectivity index (χ2n) is 3.00. The van der Waals surface area contributed by atoms with Crippen LogP contribution in [0.25, 0.3) is 0 Å². The highest BCUT2D eigenvalue weighted by Gasteiger charge is 2.19. The van der Waals surface area contributed by atoms with Crippen LogP contribution in [-0.2, 0) is 16.0 Å². The predicted molar refractivity (Wildman–Crippen MR) is 56.3 cm³/mol. The molecule has 0 heterocycles. The first kappa shape index (κ1) is 11.5. The number of carbonyl (C=O) groups excluding carboxylic acids is 1. The summed E-state index contributed by atoms with van der Waals surface area (Å²) in [4.78, 5) is 11.2. The van der Waals surface area contributed by atoms with Crippen molar-refractivity contribution >= 4 is 17.6 Å². The summed E-state index contributed by atoms with van der Waals surface area (Å²) in [5, 5.41) is 9.34. The van der Waals surface area contributed by atoms with Crippen molar-refractivity contribution < 1.29 is 9.53 Å². The van der Waals surface area contributed by atoms with Gasteiger partial charge in [0.25, 0.3) is 0 Å². The predicted octanol–water partition coefficient (Wildman–Crippen LogP) is 2.20. The number of esters is 1. The molecule has 15 heavy (non-hydrogen) atoms. The molecular formula is C11H10ClNO2. The zero-order chi connectivity index (χ0) is 11.3. The van der Waals surface area contributed by atoms with Crippen molar-refractivity contribution in [3.63, 3.8) is 0 Å². The topological polar surface area (TPSA) is 50.1 Å². The molecule has 1 aromatic rings. The lowest BCUT2D eigenvalue weighted by Gasteiger charge is -2.07. The molecule has 3 nitrogen and oxygen atoms in total. The Kier molecular flexibility index (Phi) is 4.14. The van der Waals surface area contributed by atoms with Gasteiger partial charge < -0.3 is 4.74 Å². The first-order valence-corrected chi connectivity index (χ1v) is 4.77. The van der Waals surface area contributed by atoms with Crippen LogP contribution in [0.4, 0.5) is 0 Å². The van der Waals surface area contributed by atoms with Crippen LogP contribution in [-0.4, -0.2) is 13.1 Å². The quantitative estimate of drug-likeness (QED) is 0.738. The molecule has 4 heteroatoms. The minimum absolute atomic E-state index is 0.281. The number of halogens is 1. The normalized spacial score (nSPS) is 11.5. The van der Waals surface area contributed by atoms with Crippen molar-refractivity contribution in [3.8, 4) is 6.07 Å². The van der Waals surface area contributed by atoms with Gasteiger partial charge in [-0.15, -0.1) is 0 Å². The molecule has 0 aliphatic carbocycles. The zero-order valence-electron chi connectivity index (χ0n) is 8.24. The van der Waals surface area contributed by atoms with Crippen LogP contribution in [0.3, 0.4) is 0 Å². The Hall–Kier alpha value is -1.53. The van der Waals surface area contributed by atoms with Crippen molar-refractivity contribution in [2.24, 2.45) is 5.92 Å². The third-order valence-electron chi connectivity index (χ3n) is 2.02. The van der Waals surface area contributed by atoms with Crippen LogP contribution in [0.1, 0.15) is 5.56 Å². The molecule has 1 aromatic carbocycles. The van der Waals surface area contributed by atoms with Gasteiger partial charge in [-0.05, 0) is 11.6 Å². The first-order valence-electron chi connectivity index (χ1n) is 4.40. The van der Waals surface area contributed by atoms with E-state index in [4.69, 9.17) is 16.9 Å². The highest BCUT2D eigenvalue weighted by Crippen LogP contribution is 2.19. The highest BCUT2D eigenvalue weighted by molar-refractivity contribution is 6.31. The molecule has 78 valence electrons. The number of benzene rings is 1. The van der Waals surface area contributed by atoms with Crippen molar-refractivity contribution in [2.75, 3.05) is 7.11 Å². The van der Waals surface area contributed by atoms with Crippen LogP contribution < -0.4 is 0 Å². The van der Waals surface area contributed by atoms with Gasteiger partial charge in [0.1, 0.15) is 5.92 Å². The zero-order valence-corrected chi connectivity index (χ0v) is 8.99. The lowest BCUT2D eigenvalue weighted by molar-refractivity contribution is -0.143. The maximum absolute atomic E-state index is 11.2. The summed E-state index contributed by atoms with van der Waals surface area (Å²) < 4.78 is 4.51. The van der Waals surface area contributed by atoms with E-state index in [0.29, 0.717) is 5.02 Å². The summed E-state index contributed by atoms with van der Waals surface area (Å²) in [7, 11) is 1.26. The van der Waals surface area contributed by atoms with Gasteiger partial charge >= 0.3 is 5.97 Å². The van der Waals surface area contributed by atoms with Crippen LogP contribution in [0, 0.1) is 17.2 Å². The molecule has 0 aromatic heterocycles. The van der Waals surface area contributed by atoms with Crippen LogP contribution in [0.2, 0.25) is 5.02 Å². The Morgan fingerprint density at radius 1 is 1.60 bits per heavy atom. The van der Waals surface area contributed by atoms with Crippen LogP contribution in [0.5, 0.6) is 0 Å². The second kappa shape index (κ2) is 5.38. The SMILES string of the molecule is COC(=O)C(C#N)Cc1ccccc1Cl. The average Bonchev–Trinajstić information content (AvgIpc) is 2.27. The number of rotatable bonds is 3. The molecule has 0 saturated carbocycles. The van der Waals surface area contributed by atoms with Gasteiger partial charge in [-0.2, -0.15) is 5.26 Å². The molecular weight excluding hydrogens is 214 g/mol. The molecule has 0 fully saturated rings. The maximum Gasteiger partial charge on any atom is 0.323 e. The molecule has 1 atom stereocenters. The molecule has 0 saturated heterocycles. The maximum atomic E-state index is 11.2. The Morgan fingerprint density at radius 2 is 2.27 bits per heavy atom. The third-order valence-corrected chi connectivity index (χ3v) is 2.39. The van der Waals surface area contributed by atoms with E-state index in [2.05, 4.69) is 4.74 Å².